The van der Waals surface area contributed by atoms with Gasteiger partial charge in [0.1, 0.15) is 12.4 Å². The third-order valence-corrected chi connectivity index (χ3v) is 8.09. The summed E-state index contributed by atoms with van der Waals surface area (Å²) >= 11 is 1.25. The van der Waals surface area contributed by atoms with Crippen LogP contribution < -0.4 is 29.1 Å². The molecule has 45 heavy (non-hydrogen) atoms. The van der Waals surface area contributed by atoms with E-state index in [1.807, 2.05) is 68.4 Å². The van der Waals surface area contributed by atoms with E-state index in [-0.39, 0.29) is 18.8 Å². The van der Waals surface area contributed by atoms with E-state index in [4.69, 9.17) is 18.9 Å². The number of carbonyl (C=O) groups excluding carboxylic acids is 1. The number of benzene rings is 3. The van der Waals surface area contributed by atoms with Gasteiger partial charge in [-0.15, -0.1) is 0 Å². The molecule has 1 aliphatic rings. The van der Waals surface area contributed by atoms with Gasteiger partial charge in [-0.2, -0.15) is 5.26 Å². The molecule has 1 aromatic heterocycles. The second kappa shape index (κ2) is 14.1. The molecule has 2 heterocycles. The number of esters is 1. The van der Waals surface area contributed by atoms with Crippen LogP contribution in [0.25, 0.3) is 6.08 Å². The molecule has 9 nitrogen and oxygen atoms in total. The zero-order chi connectivity index (χ0) is 31.9. The maximum Gasteiger partial charge on any atom is 0.338 e. The van der Waals surface area contributed by atoms with Gasteiger partial charge in [0, 0.05) is 5.56 Å². The number of aromatic nitrogens is 1. The summed E-state index contributed by atoms with van der Waals surface area (Å²) in [4.78, 5) is 32.4. The van der Waals surface area contributed by atoms with Crippen LogP contribution in [0.1, 0.15) is 56.0 Å². The molecule has 0 aliphatic carbocycles. The van der Waals surface area contributed by atoms with Crippen LogP contribution in [0.4, 0.5) is 0 Å². The number of ether oxygens (including phenoxy) is 4. The summed E-state index contributed by atoms with van der Waals surface area (Å²) < 4.78 is 24.9. The largest absolute Gasteiger partial charge is 0.490 e. The molecule has 0 bridgehead atoms. The predicted molar refractivity (Wildman–Crippen MR) is 171 cm³/mol. The molecule has 0 radical (unpaired) electrons. The first kappa shape index (κ1) is 31.3. The fourth-order valence-electron chi connectivity index (χ4n) is 5.07. The summed E-state index contributed by atoms with van der Waals surface area (Å²) in [6.07, 6.45) is 1.79. The first-order valence-corrected chi connectivity index (χ1v) is 15.5. The van der Waals surface area contributed by atoms with E-state index in [0.29, 0.717) is 62.2 Å². The molecule has 0 saturated carbocycles. The predicted octanol–water partition coefficient (Wildman–Crippen LogP) is 5.05. The Morgan fingerprint density at radius 3 is 2.42 bits per heavy atom. The third kappa shape index (κ3) is 6.69. The van der Waals surface area contributed by atoms with E-state index in [1.165, 1.54) is 11.3 Å². The molecule has 10 heteroatoms. The molecule has 0 amide bonds. The van der Waals surface area contributed by atoms with Crippen LogP contribution in [0, 0.1) is 11.3 Å². The molecule has 4 aromatic rings. The smallest absolute Gasteiger partial charge is 0.338 e. The van der Waals surface area contributed by atoms with Crippen molar-refractivity contribution in [1.29, 1.82) is 5.26 Å². The van der Waals surface area contributed by atoms with Crippen LogP contribution in [-0.4, -0.2) is 30.4 Å². The van der Waals surface area contributed by atoms with E-state index in [0.717, 1.165) is 11.1 Å². The number of hydrogen-bond donors (Lipinski definition) is 0. The van der Waals surface area contributed by atoms with Crippen LogP contribution in [0.3, 0.4) is 0 Å². The van der Waals surface area contributed by atoms with Crippen molar-refractivity contribution in [3.63, 3.8) is 0 Å². The Labute approximate surface area is 264 Å². The quantitative estimate of drug-likeness (QED) is 0.215. The van der Waals surface area contributed by atoms with Gasteiger partial charge in [-0.1, -0.05) is 47.7 Å². The standard InChI is InChI=1S/C35H33N3O6S/c1-5-41-28-17-14-24(19-29(28)42-6-2)32-31(34(40)43-7-3)22(4)37-35-38(32)33(39)30(45-35)18-23-12-15-27(16-13-23)44-21-26-11-9-8-10-25(26)20-36/h8-19,32H,5-7,21H2,1-4H3/b30-18-/t32-/m1/s1. The molecule has 1 atom stereocenters. The van der Waals surface area contributed by atoms with E-state index in [9.17, 15) is 14.9 Å². The Hall–Kier alpha value is -5.14. The van der Waals surface area contributed by atoms with Gasteiger partial charge in [0.2, 0.25) is 0 Å². The van der Waals surface area contributed by atoms with Gasteiger partial charge in [-0.25, -0.2) is 9.79 Å². The average molecular weight is 624 g/mol. The van der Waals surface area contributed by atoms with Crippen molar-refractivity contribution in [2.24, 2.45) is 4.99 Å². The molecule has 0 unspecified atom stereocenters. The lowest BCUT2D eigenvalue weighted by atomic mass is 9.95. The number of rotatable bonds is 11. The number of nitrogens with zero attached hydrogens (tertiary/aromatic N) is 3. The summed E-state index contributed by atoms with van der Waals surface area (Å²) in [6, 6.07) is 21.5. The molecule has 1 aliphatic heterocycles. The SMILES string of the molecule is CCOC(=O)C1=C(C)N=c2s/c(=C\c3ccc(OCc4ccccc4C#N)cc3)c(=O)n2[C@@H]1c1ccc(OCC)c(OCC)c1. The second-order valence-corrected chi connectivity index (χ2v) is 11.0. The van der Waals surface area contributed by atoms with Crippen LogP contribution in [0.15, 0.2) is 87.8 Å². The Morgan fingerprint density at radius 2 is 1.71 bits per heavy atom. The van der Waals surface area contributed by atoms with Crippen molar-refractivity contribution in [2.75, 3.05) is 19.8 Å². The number of carbonyl (C=O) groups is 1. The minimum absolute atomic E-state index is 0.185. The van der Waals surface area contributed by atoms with Crippen LogP contribution >= 0.6 is 11.3 Å². The molecule has 0 fully saturated rings. The Morgan fingerprint density at radius 1 is 0.978 bits per heavy atom. The Bertz CT molecular complexity index is 1970. The first-order chi connectivity index (χ1) is 21.9. The molecule has 230 valence electrons. The summed E-state index contributed by atoms with van der Waals surface area (Å²) in [5, 5.41) is 9.32. The number of allylic oxidation sites excluding steroid dienone is 1. The summed E-state index contributed by atoms with van der Waals surface area (Å²) in [6.45, 7) is 8.60. The summed E-state index contributed by atoms with van der Waals surface area (Å²) in [7, 11) is 0. The molecule has 3 aromatic carbocycles. The van der Waals surface area contributed by atoms with Crippen molar-refractivity contribution in [3.05, 3.63) is 120 Å². The number of fused-ring (bicyclic) bond motifs is 1. The highest BCUT2D eigenvalue weighted by atomic mass is 32.1. The van der Waals surface area contributed by atoms with Gasteiger partial charge in [0.15, 0.2) is 16.3 Å². The van der Waals surface area contributed by atoms with Gasteiger partial charge in [-0.05, 0) is 75.2 Å². The van der Waals surface area contributed by atoms with Crippen LogP contribution in [-0.2, 0) is 16.1 Å². The van der Waals surface area contributed by atoms with Gasteiger partial charge < -0.3 is 18.9 Å². The zero-order valence-corrected chi connectivity index (χ0v) is 26.3. The summed E-state index contributed by atoms with van der Waals surface area (Å²) in [5.41, 5.74) is 3.34. The topological polar surface area (TPSA) is 112 Å². The Kier molecular flexibility index (Phi) is 9.80. The van der Waals surface area contributed by atoms with E-state index < -0.39 is 12.0 Å². The van der Waals surface area contributed by atoms with E-state index >= 15 is 0 Å². The van der Waals surface area contributed by atoms with Crippen molar-refractivity contribution < 1.29 is 23.7 Å². The molecular weight excluding hydrogens is 590 g/mol. The van der Waals surface area contributed by atoms with Gasteiger partial charge in [0.25, 0.3) is 5.56 Å². The average Bonchev–Trinajstić information content (AvgIpc) is 3.34. The number of nitriles is 1. The lowest BCUT2D eigenvalue weighted by Gasteiger charge is -2.25. The van der Waals surface area contributed by atoms with Gasteiger partial charge in [-0.3, -0.25) is 9.36 Å². The number of hydrogen-bond acceptors (Lipinski definition) is 9. The molecular formula is C35H33N3O6S. The number of thiazole rings is 1. The summed E-state index contributed by atoms with van der Waals surface area (Å²) in [5.74, 6) is 1.21. The van der Waals surface area contributed by atoms with Gasteiger partial charge >= 0.3 is 5.97 Å². The van der Waals surface area contributed by atoms with Crippen molar-refractivity contribution in [2.45, 2.75) is 40.3 Å². The Balaban J connectivity index is 1.52. The minimum Gasteiger partial charge on any atom is -0.490 e. The van der Waals surface area contributed by atoms with Crippen LogP contribution in [0.5, 0.6) is 17.2 Å². The minimum atomic E-state index is -0.774. The maximum atomic E-state index is 14.0. The normalized spacial score (nSPS) is 14.3. The highest BCUT2D eigenvalue weighted by molar-refractivity contribution is 7.07. The third-order valence-electron chi connectivity index (χ3n) is 7.11. The van der Waals surface area contributed by atoms with Crippen LogP contribution in [0.2, 0.25) is 0 Å². The lowest BCUT2D eigenvalue weighted by molar-refractivity contribution is -0.139. The highest BCUT2D eigenvalue weighted by Crippen LogP contribution is 2.36. The first-order valence-electron chi connectivity index (χ1n) is 14.7. The molecule has 5 rings (SSSR count). The second-order valence-electron chi connectivity index (χ2n) is 10.0. The molecule has 0 saturated heterocycles. The van der Waals surface area contributed by atoms with Crippen molar-refractivity contribution in [3.8, 4) is 23.3 Å². The van der Waals surface area contributed by atoms with E-state index in [2.05, 4.69) is 11.1 Å². The monoisotopic (exact) mass is 623 g/mol. The fraction of sp³-hybridized carbons (Fsp3) is 0.257. The van der Waals surface area contributed by atoms with Crippen molar-refractivity contribution >= 4 is 23.4 Å². The lowest BCUT2D eigenvalue weighted by Crippen LogP contribution is -2.40. The zero-order valence-electron chi connectivity index (χ0n) is 25.5. The molecule has 0 spiro atoms. The van der Waals surface area contributed by atoms with Crippen molar-refractivity contribution in [1.82, 2.24) is 4.57 Å². The maximum absolute atomic E-state index is 14.0. The fourth-order valence-corrected chi connectivity index (χ4v) is 6.12. The van der Waals surface area contributed by atoms with E-state index in [1.54, 1.807) is 36.6 Å². The van der Waals surface area contributed by atoms with Gasteiger partial charge in [0.05, 0.1) is 53.3 Å². The highest BCUT2D eigenvalue weighted by Gasteiger charge is 2.34. The molecule has 0 N–H and O–H groups in total.